The van der Waals surface area contributed by atoms with Crippen LogP contribution in [0.3, 0.4) is 0 Å². The van der Waals surface area contributed by atoms with Crippen molar-refractivity contribution in [3.8, 4) is 0 Å². The van der Waals surface area contributed by atoms with Crippen molar-refractivity contribution in [2.45, 2.75) is 39.5 Å². The minimum Gasteiger partial charge on any atom is -0.481 e. The van der Waals surface area contributed by atoms with Crippen molar-refractivity contribution in [1.29, 1.82) is 0 Å². The maximum atomic E-state index is 12.0. The van der Waals surface area contributed by atoms with E-state index in [9.17, 15) is 9.59 Å². The number of rotatable bonds is 5. The Morgan fingerprint density at radius 2 is 2.20 bits per heavy atom. The maximum Gasteiger partial charge on any atom is 0.308 e. The molecule has 1 aliphatic rings. The molecule has 1 amide bonds. The van der Waals surface area contributed by atoms with Gasteiger partial charge in [0.15, 0.2) is 0 Å². The van der Waals surface area contributed by atoms with E-state index in [-0.39, 0.29) is 11.8 Å². The quantitative estimate of drug-likeness (QED) is 0.908. The van der Waals surface area contributed by atoms with Crippen molar-refractivity contribution in [2.24, 2.45) is 5.92 Å². The van der Waals surface area contributed by atoms with Gasteiger partial charge in [0.05, 0.1) is 5.92 Å². The molecule has 1 fully saturated rings. The molecule has 0 spiro atoms. The van der Waals surface area contributed by atoms with Gasteiger partial charge in [-0.05, 0) is 44.7 Å². The molecule has 1 aromatic heterocycles. The lowest BCUT2D eigenvalue weighted by Gasteiger charge is -2.15. The second kappa shape index (κ2) is 6.39. The number of carboxylic acid groups (broad SMARTS) is 1. The summed E-state index contributed by atoms with van der Waals surface area (Å²) in [6.45, 7) is 5.19. The predicted octanol–water partition coefficient (Wildman–Crippen LogP) is 2.62. The smallest absolute Gasteiger partial charge is 0.308 e. The van der Waals surface area contributed by atoms with Gasteiger partial charge >= 0.3 is 5.97 Å². The zero-order valence-electron chi connectivity index (χ0n) is 12.0. The molecule has 4 nitrogen and oxygen atoms in total. The van der Waals surface area contributed by atoms with E-state index in [1.165, 1.54) is 15.3 Å². The molecule has 1 aliphatic heterocycles. The molecule has 1 unspecified atom stereocenters. The highest BCUT2D eigenvalue weighted by Crippen LogP contribution is 2.23. The Bertz CT molecular complexity index is 509. The van der Waals surface area contributed by atoms with E-state index in [2.05, 4.69) is 19.9 Å². The van der Waals surface area contributed by atoms with E-state index < -0.39 is 5.97 Å². The highest BCUT2D eigenvalue weighted by atomic mass is 32.1. The van der Waals surface area contributed by atoms with Gasteiger partial charge in [-0.1, -0.05) is 0 Å². The third-order valence-electron chi connectivity index (χ3n) is 3.87. The molecule has 110 valence electrons. The lowest BCUT2D eigenvalue weighted by atomic mass is 10.1. The van der Waals surface area contributed by atoms with E-state index in [1.807, 2.05) is 0 Å². The number of hydrogen-bond acceptors (Lipinski definition) is 3. The van der Waals surface area contributed by atoms with Gasteiger partial charge < -0.3 is 10.0 Å². The SMILES string of the molecule is Cc1cc(CCCC(=O)N2CCC(C(=O)O)C2)c(C)s1. The average Bonchev–Trinajstić information content (AvgIpc) is 2.97. The summed E-state index contributed by atoms with van der Waals surface area (Å²) >= 11 is 1.80. The van der Waals surface area contributed by atoms with Crippen molar-refractivity contribution in [1.82, 2.24) is 4.90 Å². The van der Waals surface area contributed by atoms with E-state index in [0.29, 0.717) is 25.9 Å². The zero-order chi connectivity index (χ0) is 14.7. The number of hydrogen-bond donors (Lipinski definition) is 1. The Kier molecular flexibility index (Phi) is 4.81. The van der Waals surface area contributed by atoms with Crippen LogP contribution in [-0.4, -0.2) is 35.0 Å². The van der Waals surface area contributed by atoms with Crippen LogP contribution >= 0.6 is 11.3 Å². The number of carbonyl (C=O) groups excluding carboxylic acids is 1. The summed E-state index contributed by atoms with van der Waals surface area (Å²) in [5.41, 5.74) is 1.34. The van der Waals surface area contributed by atoms with E-state index in [4.69, 9.17) is 5.11 Å². The number of amides is 1. The highest BCUT2D eigenvalue weighted by Gasteiger charge is 2.30. The lowest BCUT2D eigenvalue weighted by Crippen LogP contribution is -2.29. The largest absolute Gasteiger partial charge is 0.481 e. The summed E-state index contributed by atoms with van der Waals surface area (Å²) in [7, 11) is 0. The Hall–Kier alpha value is -1.36. The molecule has 2 rings (SSSR count). The van der Waals surface area contributed by atoms with Crippen molar-refractivity contribution < 1.29 is 14.7 Å². The van der Waals surface area contributed by atoms with Crippen LogP contribution in [0.2, 0.25) is 0 Å². The topological polar surface area (TPSA) is 57.6 Å². The van der Waals surface area contributed by atoms with Crippen LogP contribution in [0.15, 0.2) is 6.07 Å². The number of thiophene rings is 1. The van der Waals surface area contributed by atoms with Crippen LogP contribution in [0, 0.1) is 19.8 Å². The molecule has 0 saturated carbocycles. The molecule has 1 aromatic rings. The van der Waals surface area contributed by atoms with Crippen LogP contribution in [0.25, 0.3) is 0 Å². The first-order chi connectivity index (χ1) is 9.47. The van der Waals surface area contributed by atoms with Crippen LogP contribution in [-0.2, 0) is 16.0 Å². The van der Waals surface area contributed by atoms with E-state index >= 15 is 0 Å². The molecule has 20 heavy (non-hydrogen) atoms. The second-order valence-electron chi connectivity index (χ2n) is 5.46. The summed E-state index contributed by atoms with van der Waals surface area (Å²) in [5.74, 6) is -1.07. The standard InChI is InChI=1S/C15H21NO3S/c1-10-8-12(11(2)20-10)4-3-5-14(17)16-7-6-13(9-16)15(18)19/h8,13H,3-7,9H2,1-2H3,(H,18,19). The average molecular weight is 295 g/mol. The number of carbonyl (C=O) groups is 2. The Labute approximate surface area is 123 Å². The molecular weight excluding hydrogens is 274 g/mol. The fourth-order valence-electron chi connectivity index (χ4n) is 2.71. The van der Waals surface area contributed by atoms with Crippen LogP contribution in [0.5, 0.6) is 0 Å². The fraction of sp³-hybridized carbons (Fsp3) is 0.600. The van der Waals surface area contributed by atoms with Gasteiger partial charge in [-0.3, -0.25) is 9.59 Å². The van der Waals surface area contributed by atoms with Gasteiger partial charge in [-0.2, -0.15) is 0 Å². The molecule has 0 radical (unpaired) electrons. The minimum absolute atomic E-state index is 0.0957. The molecule has 5 heteroatoms. The Morgan fingerprint density at radius 3 is 2.75 bits per heavy atom. The third kappa shape index (κ3) is 3.60. The predicted molar refractivity (Wildman–Crippen MR) is 79.1 cm³/mol. The van der Waals surface area contributed by atoms with Gasteiger partial charge in [-0.15, -0.1) is 11.3 Å². The van der Waals surface area contributed by atoms with Crippen LogP contribution in [0.4, 0.5) is 0 Å². The van der Waals surface area contributed by atoms with Crippen LogP contribution < -0.4 is 0 Å². The second-order valence-corrected chi connectivity index (χ2v) is 6.92. The van der Waals surface area contributed by atoms with Crippen molar-refractivity contribution >= 4 is 23.2 Å². The lowest BCUT2D eigenvalue weighted by molar-refractivity contribution is -0.141. The third-order valence-corrected chi connectivity index (χ3v) is 4.88. The first kappa shape index (κ1) is 15.0. The number of nitrogens with zero attached hydrogens (tertiary/aromatic N) is 1. The first-order valence-corrected chi connectivity index (χ1v) is 7.85. The van der Waals surface area contributed by atoms with Crippen molar-refractivity contribution in [3.63, 3.8) is 0 Å². The van der Waals surface area contributed by atoms with Gasteiger partial charge in [0.25, 0.3) is 0 Å². The van der Waals surface area contributed by atoms with E-state index in [1.54, 1.807) is 16.2 Å². The number of aliphatic carboxylic acids is 1. The van der Waals surface area contributed by atoms with Gasteiger partial charge in [-0.25, -0.2) is 0 Å². The fourth-order valence-corrected chi connectivity index (χ4v) is 3.68. The minimum atomic E-state index is -0.787. The number of likely N-dealkylation sites (tertiary alicyclic amines) is 1. The molecule has 1 saturated heterocycles. The maximum absolute atomic E-state index is 12.0. The van der Waals surface area contributed by atoms with Gasteiger partial charge in [0, 0.05) is 29.3 Å². The summed E-state index contributed by atoms with van der Waals surface area (Å²) in [6, 6.07) is 2.20. The monoisotopic (exact) mass is 295 g/mol. The Morgan fingerprint density at radius 1 is 1.45 bits per heavy atom. The summed E-state index contributed by atoms with van der Waals surface area (Å²) in [4.78, 5) is 27.2. The Balaban J connectivity index is 1.76. The molecule has 1 atom stereocenters. The molecule has 0 aromatic carbocycles. The first-order valence-electron chi connectivity index (χ1n) is 7.04. The summed E-state index contributed by atoms with van der Waals surface area (Å²) < 4.78 is 0. The molecule has 0 aliphatic carbocycles. The highest BCUT2D eigenvalue weighted by molar-refractivity contribution is 7.12. The summed E-state index contributed by atoms with van der Waals surface area (Å²) in [6.07, 6.45) is 2.87. The molecule has 0 bridgehead atoms. The molecule has 1 N–H and O–H groups in total. The summed E-state index contributed by atoms with van der Waals surface area (Å²) in [5, 5.41) is 8.93. The van der Waals surface area contributed by atoms with Crippen LogP contribution in [0.1, 0.15) is 34.6 Å². The van der Waals surface area contributed by atoms with Crippen molar-refractivity contribution in [3.05, 3.63) is 21.4 Å². The zero-order valence-corrected chi connectivity index (χ0v) is 12.8. The molecular formula is C15H21NO3S. The molecule has 2 heterocycles. The van der Waals surface area contributed by atoms with Gasteiger partial charge in [0.1, 0.15) is 0 Å². The van der Waals surface area contributed by atoms with E-state index in [0.717, 1.165) is 12.8 Å². The number of aryl methyl sites for hydroxylation is 3. The normalized spacial score (nSPS) is 18.5. The van der Waals surface area contributed by atoms with Gasteiger partial charge in [0.2, 0.25) is 5.91 Å². The number of carboxylic acids is 1. The van der Waals surface area contributed by atoms with Crippen molar-refractivity contribution in [2.75, 3.05) is 13.1 Å².